The highest BCUT2D eigenvalue weighted by molar-refractivity contribution is 6.28. The molecule has 0 aliphatic carbocycles. The summed E-state index contributed by atoms with van der Waals surface area (Å²) in [5, 5.41) is -0.598. The topological polar surface area (TPSA) is 0 Å². The Balaban J connectivity index is 3.00. The van der Waals surface area contributed by atoms with E-state index in [0.29, 0.717) is 0 Å². The Morgan fingerprint density at radius 1 is 1.56 bits per heavy atom. The SMILES string of the molecule is [CH2]CCCCC=C(F)Cl. The summed E-state index contributed by atoms with van der Waals surface area (Å²) in [6.07, 6.45) is 5.05. The molecule has 0 amide bonds. The van der Waals surface area contributed by atoms with Gasteiger partial charge in [-0.15, -0.1) is 0 Å². The zero-order chi connectivity index (χ0) is 7.11. The molecule has 0 aliphatic heterocycles. The van der Waals surface area contributed by atoms with Crippen LogP contribution in [0.25, 0.3) is 0 Å². The van der Waals surface area contributed by atoms with Crippen LogP contribution in [0, 0.1) is 6.92 Å². The quantitative estimate of drug-likeness (QED) is 0.538. The van der Waals surface area contributed by atoms with Crippen LogP contribution in [0.4, 0.5) is 4.39 Å². The van der Waals surface area contributed by atoms with Crippen molar-refractivity contribution >= 4 is 11.6 Å². The Morgan fingerprint density at radius 2 is 2.22 bits per heavy atom. The second-order valence-corrected chi connectivity index (χ2v) is 2.20. The Labute approximate surface area is 60.7 Å². The van der Waals surface area contributed by atoms with Crippen molar-refractivity contribution in [2.24, 2.45) is 0 Å². The summed E-state index contributed by atoms with van der Waals surface area (Å²) in [4.78, 5) is 0. The van der Waals surface area contributed by atoms with Crippen molar-refractivity contribution in [1.29, 1.82) is 0 Å². The Hall–Kier alpha value is -0.0400. The molecule has 0 fully saturated rings. The summed E-state index contributed by atoms with van der Waals surface area (Å²) in [6, 6.07) is 0. The molecule has 0 rings (SSSR count). The van der Waals surface area contributed by atoms with Crippen LogP contribution in [0.1, 0.15) is 25.7 Å². The van der Waals surface area contributed by atoms with E-state index in [-0.39, 0.29) is 0 Å². The molecule has 0 saturated carbocycles. The van der Waals surface area contributed by atoms with E-state index in [9.17, 15) is 4.39 Å². The van der Waals surface area contributed by atoms with Gasteiger partial charge in [-0.25, -0.2) is 0 Å². The standard InChI is InChI=1S/C7H11ClF/c1-2-3-4-5-6-7(8)9/h6H,1-5H2. The first-order valence-corrected chi connectivity index (χ1v) is 3.45. The highest BCUT2D eigenvalue weighted by Gasteiger charge is 1.85. The van der Waals surface area contributed by atoms with Crippen molar-refractivity contribution < 1.29 is 4.39 Å². The highest BCUT2D eigenvalue weighted by Crippen LogP contribution is 2.06. The molecule has 0 atom stereocenters. The van der Waals surface area contributed by atoms with Crippen LogP contribution in [-0.2, 0) is 0 Å². The lowest BCUT2D eigenvalue weighted by atomic mass is 10.2. The first kappa shape index (κ1) is 8.96. The van der Waals surface area contributed by atoms with Crippen molar-refractivity contribution in [3.63, 3.8) is 0 Å². The lowest BCUT2D eigenvalue weighted by Gasteiger charge is -1.89. The highest BCUT2D eigenvalue weighted by atomic mass is 35.5. The first-order chi connectivity index (χ1) is 4.27. The Bertz CT molecular complexity index is 84.9. The van der Waals surface area contributed by atoms with Gasteiger partial charge < -0.3 is 0 Å². The van der Waals surface area contributed by atoms with E-state index in [1.807, 2.05) is 0 Å². The van der Waals surface area contributed by atoms with Gasteiger partial charge >= 0.3 is 0 Å². The van der Waals surface area contributed by atoms with E-state index in [4.69, 9.17) is 11.6 Å². The molecule has 2 heteroatoms. The van der Waals surface area contributed by atoms with E-state index >= 15 is 0 Å². The van der Waals surface area contributed by atoms with Gasteiger partial charge in [0.15, 0.2) is 5.29 Å². The predicted molar refractivity (Wildman–Crippen MR) is 38.9 cm³/mol. The number of allylic oxidation sites excluding steroid dienone is 1. The molecule has 0 spiro atoms. The fourth-order valence-corrected chi connectivity index (χ4v) is 0.641. The monoisotopic (exact) mass is 149 g/mol. The van der Waals surface area contributed by atoms with Crippen LogP contribution in [0.5, 0.6) is 0 Å². The molecule has 9 heavy (non-hydrogen) atoms. The second kappa shape index (κ2) is 6.09. The van der Waals surface area contributed by atoms with Crippen molar-refractivity contribution in [3.8, 4) is 0 Å². The molecule has 53 valence electrons. The van der Waals surface area contributed by atoms with Crippen molar-refractivity contribution in [2.75, 3.05) is 0 Å². The largest absolute Gasteiger partial charge is 0.194 e. The van der Waals surface area contributed by atoms with E-state index in [0.717, 1.165) is 25.7 Å². The maximum atomic E-state index is 11.7. The van der Waals surface area contributed by atoms with E-state index in [2.05, 4.69) is 6.92 Å². The maximum Gasteiger partial charge on any atom is 0.185 e. The van der Waals surface area contributed by atoms with E-state index in [1.165, 1.54) is 6.08 Å². The molecule has 0 bridgehead atoms. The normalized spacial score (nSPS) is 12.1. The van der Waals surface area contributed by atoms with Crippen molar-refractivity contribution in [1.82, 2.24) is 0 Å². The molecule has 1 radical (unpaired) electrons. The molecule has 0 saturated heterocycles. The van der Waals surface area contributed by atoms with Gasteiger partial charge in [-0.2, -0.15) is 4.39 Å². The average molecular weight is 150 g/mol. The predicted octanol–water partition coefficient (Wildman–Crippen LogP) is 3.43. The van der Waals surface area contributed by atoms with Gasteiger partial charge in [0.25, 0.3) is 0 Å². The van der Waals surface area contributed by atoms with Crippen molar-refractivity contribution in [2.45, 2.75) is 25.7 Å². The molecule has 0 aromatic rings. The van der Waals surface area contributed by atoms with Gasteiger partial charge in [0.05, 0.1) is 0 Å². The van der Waals surface area contributed by atoms with Gasteiger partial charge in [-0.05, 0) is 18.9 Å². The summed E-state index contributed by atoms with van der Waals surface area (Å²) >= 11 is 4.94. The molecular formula is C7H11ClF. The van der Waals surface area contributed by atoms with E-state index < -0.39 is 5.29 Å². The lowest BCUT2D eigenvalue weighted by molar-refractivity contribution is 0.677. The summed E-state index contributed by atoms with van der Waals surface area (Å²) < 4.78 is 11.7. The zero-order valence-electron chi connectivity index (χ0n) is 5.37. The maximum absolute atomic E-state index is 11.7. The fraction of sp³-hybridized carbons (Fsp3) is 0.571. The van der Waals surface area contributed by atoms with Crippen LogP contribution in [-0.4, -0.2) is 0 Å². The molecule has 0 aromatic heterocycles. The Kier molecular flexibility index (Phi) is 6.06. The minimum atomic E-state index is -0.598. The molecule has 0 nitrogen and oxygen atoms in total. The van der Waals surface area contributed by atoms with Gasteiger partial charge in [-0.3, -0.25) is 0 Å². The van der Waals surface area contributed by atoms with Crippen LogP contribution < -0.4 is 0 Å². The van der Waals surface area contributed by atoms with Gasteiger partial charge in [0.1, 0.15) is 0 Å². The van der Waals surface area contributed by atoms with Crippen LogP contribution in [0.2, 0.25) is 0 Å². The smallest absolute Gasteiger partial charge is 0.185 e. The molecular weight excluding hydrogens is 139 g/mol. The third-order valence-corrected chi connectivity index (χ3v) is 1.16. The average Bonchev–Trinajstić information content (AvgIpc) is 1.80. The summed E-state index contributed by atoms with van der Waals surface area (Å²) in [6.45, 7) is 3.65. The lowest BCUT2D eigenvalue weighted by Crippen LogP contribution is -1.70. The number of rotatable bonds is 4. The number of hydrogen-bond acceptors (Lipinski definition) is 0. The third-order valence-electron chi connectivity index (χ3n) is 1.00. The van der Waals surface area contributed by atoms with Crippen LogP contribution in [0.3, 0.4) is 0 Å². The summed E-state index contributed by atoms with van der Waals surface area (Å²) in [5.74, 6) is 0. The zero-order valence-corrected chi connectivity index (χ0v) is 6.12. The van der Waals surface area contributed by atoms with Crippen LogP contribution in [0.15, 0.2) is 11.4 Å². The third kappa shape index (κ3) is 7.96. The van der Waals surface area contributed by atoms with Crippen LogP contribution >= 0.6 is 11.6 Å². The number of halogens is 2. The first-order valence-electron chi connectivity index (χ1n) is 3.07. The minimum Gasteiger partial charge on any atom is -0.194 e. The van der Waals surface area contributed by atoms with Gasteiger partial charge in [-0.1, -0.05) is 31.4 Å². The van der Waals surface area contributed by atoms with Crippen molar-refractivity contribution in [3.05, 3.63) is 18.3 Å². The van der Waals surface area contributed by atoms with E-state index in [1.54, 1.807) is 0 Å². The number of unbranched alkanes of at least 4 members (excludes halogenated alkanes) is 3. The van der Waals surface area contributed by atoms with Gasteiger partial charge in [0, 0.05) is 0 Å². The molecule has 0 aliphatic rings. The number of hydrogen-bond donors (Lipinski definition) is 0. The molecule has 0 aromatic carbocycles. The minimum absolute atomic E-state index is 0.598. The molecule has 0 unspecified atom stereocenters. The van der Waals surface area contributed by atoms with Gasteiger partial charge in [0.2, 0.25) is 0 Å². The fourth-order valence-electron chi connectivity index (χ4n) is 0.532. The second-order valence-electron chi connectivity index (χ2n) is 1.84. The Morgan fingerprint density at radius 3 is 2.67 bits per heavy atom. The summed E-state index contributed by atoms with van der Waals surface area (Å²) in [5.41, 5.74) is 0. The molecule has 0 heterocycles. The summed E-state index contributed by atoms with van der Waals surface area (Å²) in [7, 11) is 0. The molecule has 0 N–H and O–H groups in total.